The van der Waals surface area contributed by atoms with Crippen LogP contribution >= 0.6 is 0 Å². The standard InChI is InChI=1S/C5H12N2O2/c1-7-4(2-3-6)5(8)9/h4,7H,2-3,6H2,1H3,(H,8,9)/t4-/m0/s1. The van der Waals surface area contributed by atoms with Crippen LogP contribution in [0, 0.1) is 0 Å². The highest BCUT2D eigenvalue weighted by molar-refractivity contribution is 5.73. The van der Waals surface area contributed by atoms with Crippen LogP contribution in [0.5, 0.6) is 0 Å². The minimum Gasteiger partial charge on any atom is -0.480 e. The Balaban J connectivity index is 3.54. The van der Waals surface area contributed by atoms with E-state index in [1.165, 1.54) is 0 Å². The molecule has 0 aromatic rings. The molecule has 0 saturated heterocycles. The van der Waals surface area contributed by atoms with E-state index in [-0.39, 0.29) is 0 Å². The average Bonchev–Trinajstić information content (AvgIpc) is 1.82. The van der Waals surface area contributed by atoms with Crippen molar-refractivity contribution in [1.82, 2.24) is 5.32 Å². The first-order chi connectivity index (χ1) is 4.22. The van der Waals surface area contributed by atoms with Crippen LogP contribution < -0.4 is 11.1 Å². The van der Waals surface area contributed by atoms with Gasteiger partial charge in [-0.3, -0.25) is 4.79 Å². The van der Waals surface area contributed by atoms with Gasteiger partial charge >= 0.3 is 5.97 Å². The number of carboxylic acids is 1. The fourth-order valence-electron chi connectivity index (χ4n) is 0.558. The summed E-state index contributed by atoms with van der Waals surface area (Å²) < 4.78 is 0. The summed E-state index contributed by atoms with van der Waals surface area (Å²) in [7, 11) is 1.61. The summed E-state index contributed by atoms with van der Waals surface area (Å²) in [4.78, 5) is 10.2. The fraction of sp³-hybridized carbons (Fsp3) is 0.800. The summed E-state index contributed by atoms with van der Waals surface area (Å²) in [5.41, 5.74) is 5.14. The first-order valence-electron chi connectivity index (χ1n) is 2.82. The molecule has 0 radical (unpaired) electrons. The molecule has 4 nitrogen and oxygen atoms in total. The maximum atomic E-state index is 10.2. The van der Waals surface area contributed by atoms with Gasteiger partial charge in [-0.2, -0.15) is 0 Å². The molecule has 0 aliphatic heterocycles. The van der Waals surface area contributed by atoms with Gasteiger partial charge in [0.1, 0.15) is 6.04 Å². The smallest absolute Gasteiger partial charge is 0.320 e. The van der Waals surface area contributed by atoms with Gasteiger partial charge in [0.15, 0.2) is 0 Å². The quantitative estimate of drug-likeness (QED) is 0.459. The van der Waals surface area contributed by atoms with Crippen LogP contribution in [0.2, 0.25) is 0 Å². The van der Waals surface area contributed by atoms with Crippen LogP contribution in [0.25, 0.3) is 0 Å². The van der Waals surface area contributed by atoms with Crippen molar-refractivity contribution in [3.63, 3.8) is 0 Å². The second-order valence-electron chi connectivity index (χ2n) is 1.76. The lowest BCUT2D eigenvalue weighted by Crippen LogP contribution is -2.35. The Kier molecular flexibility index (Phi) is 4.00. The SMILES string of the molecule is CN[C@@H](CCN)C(=O)O. The van der Waals surface area contributed by atoms with Crippen LogP contribution in [0.15, 0.2) is 0 Å². The molecule has 0 saturated carbocycles. The van der Waals surface area contributed by atoms with Gasteiger partial charge in [-0.25, -0.2) is 0 Å². The maximum Gasteiger partial charge on any atom is 0.320 e. The minimum absolute atomic E-state index is 0.401. The van der Waals surface area contributed by atoms with Gasteiger partial charge < -0.3 is 16.2 Å². The number of carboxylic acid groups (broad SMARTS) is 1. The topological polar surface area (TPSA) is 75.3 Å². The van der Waals surface area contributed by atoms with Gasteiger partial charge in [0, 0.05) is 0 Å². The van der Waals surface area contributed by atoms with Gasteiger partial charge in [-0.1, -0.05) is 0 Å². The highest BCUT2D eigenvalue weighted by Crippen LogP contribution is 1.86. The van der Waals surface area contributed by atoms with Crippen molar-refractivity contribution >= 4 is 5.97 Å². The van der Waals surface area contributed by atoms with Crippen LogP contribution in [-0.4, -0.2) is 30.7 Å². The third-order valence-corrected chi connectivity index (χ3v) is 1.10. The van der Waals surface area contributed by atoms with Crippen molar-refractivity contribution in [2.24, 2.45) is 5.73 Å². The Morgan fingerprint density at radius 2 is 2.44 bits per heavy atom. The summed E-state index contributed by atoms with van der Waals surface area (Å²) in [6.45, 7) is 0.401. The second kappa shape index (κ2) is 4.29. The fourth-order valence-corrected chi connectivity index (χ4v) is 0.558. The molecule has 0 aromatic heterocycles. The Morgan fingerprint density at radius 3 is 2.56 bits per heavy atom. The molecule has 0 rings (SSSR count). The summed E-state index contributed by atoms with van der Waals surface area (Å²) >= 11 is 0. The van der Waals surface area contributed by atoms with Gasteiger partial charge in [-0.15, -0.1) is 0 Å². The first-order valence-corrected chi connectivity index (χ1v) is 2.82. The minimum atomic E-state index is -0.844. The van der Waals surface area contributed by atoms with E-state index in [9.17, 15) is 4.79 Å². The van der Waals surface area contributed by atoms with E-state index in [0.717, 1.165) is 0 Å². The van der Waals surface area contributed by atoms with E-state index >= 15 is 0 Å². The van der Waals surface area contributed by atoms with Crippen molar-refractivity contribution in [1.29, 1.82) is 0 Å². The number of likely N-dealkylation sites (N-methyl/N-ethyl adjacent to an activating group) is 1. The number of hydrogen-bond donors (Lipinski definition) is 3. The van der Waals surface area contributed by atoms with Crippen molar-refractivity contribution in [3.8, 4) is 0 Å². The van der Waals surface area contributed by atoms with Crippen molar-refractivity contribution < 1.29 is 9.90 Å². The van der Waals surface area contributed by atoms with Crippen molar-refractivity contribution in [3.05, 3.63) is 0 Å². The van der Waals surface area contributed by atoms with E-state index in [1.807, 2.05) is 0 Å². The molecule has 1 atom stereocenters. The van der Waals surface area contributed by atoms with E-state index in [4.69, 9.17) is 10.8 Å². The molecule has 9 heavy (non-hydrogen) atoms. The summed E-state index contributed by atoms with van der Waals surface area (Å²) in [6, 6.07) is -0.491. The van der Waals surface area contributed by atoms with E-state index in [1.54, 1.807) is 7.05 Å². The molecule has 0 aliphatic carbocycles. The molecule has 0 heterocycles. The molecule has 4 N–H and O–H groups in total. The van der Waals surface area contributed by atoms with Crippen molar-refractivity contribution in [2.45, 2.75) is 12.5 Å². The summed E-state index contributed by atoms with van der Waals surface area (Å²) in [5, 5.41) is 11.0. The zero-order valence-corrected chi connectivity index (χ0v) is 5.42. The van der Waals surface area contributed by atoms with Gasteiger partial charge in [0.05, 0.1) is 0 Å². The lowest BCUT2D eigenvalue weighted by Gasteiger charge is -2.07. The lowest BCUT2D eigenvalue weighted by atomic mass is 10.2. The predicted molar refractivity (Wildman–Crippen MR) is 34.2 cm³/mol. The largest absolute Gasteiger partial charge is 0.480 e. The number of carbonyl (C=O) groups is 1. The summed E-state index contributed by atoms with van der Waals surface area (Å²) in [6.07, 6.45) is 0.478. The number of rotatable bonds is 4. The number of hydrogen-bond acceptors (Lipinski definition) is 3. The molecule has 0 spiro atoms. The van der Waals surface area contributed by atoms with Crippen LogP contribution in [-0.2, 0) is 4.79 Å². The lowest BCUT2D eigenvalue weighted by molar-refractivity contribution is -0.139. The Morgan fingerprint density at radius 1 is 1.89 bits per heavy atom. The van der Waals surface area contributed by atoms with Gasteiger partial charge in [0.2, 0.25) is 0 Å². The normalized spacial score (nSPS) is 13.1. The zero-order valence-electron chi connectivity index (χ0n) is 5.42. The van der Waals surface area contributed by atoms with Gasteiger partial charge in [-0.05, 0) is 20.0 Å². The van der Waals surface area contributed by atoms with E-state index in [2.05, 4.69) is 5.32 Å². The third-order valence-electron chi connectivity index (χ3n) is 1.10. The molecule has 0 aliphatic rings. The Labute approximate surface area is 54.0 Å². The van der Waals surface area contributed by atoms with E-state index < -0.39 is 12.0 Å². The van der Waals surface area contributed by atoms with Gasteiger partial charge in [0.25, 0.3) is 0 Å². The monoisotopic (exact) mass is 132 g/mol. The highest BCUT2D eigenvalue weighted by atomic mass is 16.4. The Hall–Kier alpha value is -0.610. The van der Waals surface area contributed by atoms with Crippen LogP contribution in [0.3, 0.4) is 0 Å². The van der Waals surface area contributed by atoms with Crippen LogP contribution in [0.1, 0.15) is 6.42 Å². The molecule has 0 fully saturated rings. The molecule has 0 aromatic carbocycles. The molecule has 0 unspecified atom stereocenters. The second-order valence-corrected chi connectivity index (χ2v) is 1.76. The molecule has 0 bridgehead atoms. The first kappa shape index (κ1) is 8.39. The molecular weight excluding hydrogens is 120 g/mol. The van der Waals surface area contributed by atoms with Crippen molar-refractivity contribution in [2.75, 3.05) is 13.6 Å². The Bertz CT molecular complexity index is 95.0. The average molecular weight is 132 g/mol. The third kappa shape index (κ3) is 3.05. The maximum absolute atomic E-state index is 10.2. The number of nitrogens with one attached hydrogen (secondary N) is 1. The highest BCUT2D eigenvalue weighted by Gasteiger charge is 2.11. The van der Waals surface area contributed by atoms with E-state index in [0.29, 0.717) is 13.0 Å². The molecule has 0 amide bonds. The summed E-state index contributed by atoms with van der Waals surface area (Å²) in [5.74, 6) is -0.844. The molecule has 54 valence electrons. The predicted octanol–water partition coefficient (Wildman–Crippen LogP) is -0.992. The molecular formula is C5H12N2O2. The zero-order chi connectivity index (χ0) is 7.28. The molecule has 4 heteroatoms. The van der Waals surface area contributed by atoms with Crippen LogP contribution in [0.4, 0.5) is 0 Å². The number of nitrogens with two attached hydrogens (primary N) is 1. The number of aliphatic carboxylic acids is 1.